The summed E-state index contributed by atoms with van der Waals surface area (Å²) in [4.78, 5) is 19.1. The first-order valence-corrected chi connectivity index (χ1v) is 17.6. The summed E-state index contributed by atoms with van der Waals surface area (Å²) in [5.74, 6) is 1.50. The van der Waals surface area contributed by atoms with Crippen molar-refractivity contribution < 1.29 is 36.9 Å². The van der Waals surface area contributed by atoms with Gasteiger partial charge in [0.1, 0.15) is 0 Å². The largest absolute Gasteiger partial charge is 0.493 e. The van der Waals surface area contributed by atoms with Gasteiger partial charge in [0, 0.05) is 17.5 Å². The predicted octanol–water partition coefficient (Wildman–Crippen LogP) is 9.01. The Morgan fingerprint density at radius 3 is 2.17 bits per heavy atom. The normalized spacial score (nSPS) is 17.9. The Bertz CT molecular complexity index is 2280. The van der Waals surface area contributed by atoms with E-state index in [-0.39, 0.29) is 28.9 Å². The number of hydrazone groups is 1. The number of carbonyl (C=O) groups is 1. The lowest BCUT2D eigenvalue weighted by Crippen LogP contribution is -2.32. The molecule has 1 amide bonds. The first-order valence-electron chi connectivity index (χ1n) is 17.6. The second-order valence-electron chi connectivity index (χ2n) is 13.6. The van der Waals surface area contributed by atoms with Crippen molar-refractivity contribution in [3.05, 3.63) is 106 Å². The van der Waals surface area contributed by atoms with Crippen molar-refractivity contribution in [3.8, 4) is 34.3 Å². The number of alkyl halides is 3. The van der Waals surface area contributed by atoms with Gasteiger partial charge in [0.15, 0.2) is 40.0 Å². The van der Waals surface area contributed by atoms with E-state index in [1.165, 1.54) is 25.3 Å². The lowest BCUT2D eigenvalue weighted by atomic mass is 9.77. The number of carbonyl (C=O) groups excluding carboxylic acids is 1. The first kappa shape index (κ1) is 36.5. The summed E-state index contributed by atoms with van der Waals surface area (Å²) in [7, 11) is 6.21. The van der Waals surface area contributed by atoms with Gasteiger partial charge in [-0.2, -0.15) is 23.4 Å². The molecule has 3 aromatic carbocycles. The highest BCUT2D eigenvalue weighted by Crippen LogP contribution is 2.47. The van der Waals surface area contributed by atoms with Crippen LogP contribution in [0.4, 0.5) is 13.2 Å². The predicted molar refractivity (Wildman–Crippen MR) is 198 cm³/mol. The number of aromatic nitrogens is 3. The molecule has 10 nitrogen and oxygen atoms in total. The topological polar surface area (TPSA) is 99.8 Å². The Hall–Kier alpha value is -5.85. The van der Waals surface area contributed by atoms with E-state index < -0.39 is 23.8 Å². The molecule has 0 N–H and O–H groups in total. The van der Waals surface area contributed by atoms with Crippen LogP contribution < -0.4 is 18.9 Å². The lowest BCUT2D eigenvalue weighted by Gasteiger charge is -2.29. The van der Waals surface area contributed by atoms with Crippen LogP contribution in [0.1, 0.15) is 77.9 Å². The van der Waals surface area contributed by atoms with Crippen LogP contribution in [0.15, 0.2) is 83.5 Å². The van der Waals surface area contributed by atoms with Crippen LogP contribution in [0.25, 0.3) is 23.0 Å². The lowest BCUT2D eigenvalue weighted by molar-refractivity contribution is -0.142. The molecule has 2 aromatic heterocycles. The molecule has 0 spiro atoms. The van der Waals surface area contributed by atoms with Gasteiger partial charge < -0.3 is 18.9 Å². The van der Waals surface area contributed by atoms with E-state index in [0.29, 0.717) is 45.2 Å². The summed E-state index contributed by atoms with van der Waals surface area (Å²) in [5, 5.41) is 10.5. The third kappa shape index (κ3) is 6.74. The Morgan fingerprint density at radius 1 is 0.852 bits per heavy atom. The van der Waals surface area contributed by atoms with E-state index in [9.17, 15) is 18.0 Å². The zero-order valence-corrected chi connectivity index (χ0v) is 30.8. The molecule has 2 aliphatic rings. The Labute approximate surface area is 310 Å². The average Bonchev–Trinajstić information content (AvgIpc) is 3.79. The minimum Gasteiger partial charge on any atom is -0.493 e. The smallest absolute Gasteiger partial charge is 0.433 e. The molecule has 3 heterocycles. The standard InChI is InChI=1S/C41H40F3N5O5/c1-23(2)25-11-13-26(14-12-25)30-21-36(41(42,43)44)48-37(45-30)22-31(46-48)40(50)49-39(28-15-17-33(52-4)35(20-28)54-6)29-9-7-8-27(38(29)47-49)18-24-10-16-32(51-3)34(19-24)53-5/h10-23,29,39H,7-9H2,1-6H3/b27-18-/t29-,39-/m1/s1. The number of halogens is 3. The molecule has 54 heavy (non-hydrogen) atoms. The minimum atomic E-state index is -4.78. The van der Waals surface area contributed by atoms with E-state index in [2.05, 4.69) is 10.1 Å². The highest BCUT2D eigenvalue weighted by atomic mass is 19.4. The summed E-state index contributed by atoms with van der Waals surface area (Å²) in [6.45, 7) is 4.08. The van der Waals surface area contributed by atoms with Crippen molar-refractivity contribution in [3.63, 3.8) is 0 Å². The Balaban J connectivity index is 1.34. The number of nitrogens with zero attached hydrogens (tertiary/aromatic N) is 5. The number of allylic oxidation sites excluding steroid dienone is 1. The number of hydrogen-bond acceptors (Lipinski definition) is 8. The number of benzene rings is 3. The van der Waals surface area contributed by atoms with Crippen molar-refractivity contribution in [2.45, 2.75) is 51.2 Å². The van der Waals surface area contributed by atoms with Gasteiger partial charge in [-0.15, -0.1) is 0 Å². The molecular weight excluding hydrogens is 699 g/mol. The second kappa shape index (κ2) is 14.5. The number of fused-ring (bicyclic) bond motifs is 2. The monoisotopic (exact) mass is 739 g/mol. The number of amides is 1. The van der Waals surface area contributed by atoms with Crippen molar-refractivity contribution in [2.75, 3.05) is 28.4 Å². The highest BCUT2D eigenvalue weighted by Gasteiger charge is 2.45. The molecule has 280 valence electrons. The molecule has 0 radical (unpaired) electrons. The van der Waals surface area contributed by atoms with Crippen molar-refractivity contribution in [1.29, 1.82) is 0 Å². The van der Waals surface area contributed by atoms with Gasteiger partial charge in [-0.1, -0.05) is 50.2 Å². The third-order valence-corrected chi connectivity index (χ3v) is 10.0. The molecule has 0 unspecified atom stereocenters. The van der Waals surface area contributed by atoms with E-state index in [0.717, 1.165) is 41.2 Å². The zero-order valence-electron chi connectivity index (χ0n) is 30.8. The highest BCUT2D eigenvalue weighted by molar-refractivity contribution is 6.09. The molecule has 0 bridgehead atoms. The summed E-state index contributed by atoms with van der Waals surface area (Å²) < 4.78 is 66.4. The molecule has 1 aliphatic heterocycles. The SMILES string of the molecule is COc1ccc(/C=C2/CCC[C@@H]3C2=NN(C(=O)c2cc4nc(-c5ccc(C(C)C)cc5)cc(C(F)(F)F)n4n2)[C@@H]3c2ccc(OC)c(OC)c2)cc1OC. The maximum atomic E-state index is 14.6. The van der Waals surface area contributed by atoms with Crippen molar-refractivity contribution >= 4 is 23.3 Å². The molecule has 5 aromatic rings. The molecule has 7 rings (SSSR count). The fourth-order valence-electron chi connectivity index (χ4n) is 7.27. The molecule has 1 fully saturated rings. The van der Waals surface area contributed by atoms with Crippen LogP contribution in [-0.2, 0) is 6.18 Å². The van der Waals surface area contributed by atoms with Gasteiger partial charge in [-0.05, 0) is 83.9 Å². The van der Waals surface area contributed by atoms with Gasteiger partial charge in [0.2, 0.25) is 0 Å². The quantitative estimate of drug-likeness (QED) is 0.149. The number of ether oxygens (including phenoxy) is 4. The van der Waals surface area contributed by atoms with Crippen LogP contribution in [0, 0.1) is 5.92 Å². The van der Waals surface area contributed by atoms with E-state index >= 15 is 0 Å². The van der Waals surface area contributed by atoms with Crippen LogP contribution >= 0.6 is 0 Å². The fourth-order valence-corrected chi connectivity index (χ4v) is 7.27. The van der Waals surface area contributed by atoms with Crippen molar-refractivity contribution in [2.24, 2.45) is 11.0 Å². The van der Waals surface area contributed by atoms with Crippen LogP contribution in [0.2, 0.25) is 0 Å². The Kier molecular flexibility index (Phi) is 9.82. The summed E-state index contributed by atoms with van der Waals surface area (Å²) in [5.41, 5.74) is 3.53. The van der Waals surface area contributed by atoms with Crippen LogP contribution in [-0.4, -0.2) is 59.7 Å². The summed E-state index contributed by atoms with van der Waals surface area (Å²) in [6.07, 6.45) is -0.517. The number of hydrogen-bond donors (Lipinski definition) is 0. The first-order chi connectivity index (χ1) is 25.9. The number of methoxy groups -OCH3 is 4. The molecule has 2 atom stereocenters. The fraction of sp³-hybridized carbons (Fsp3) is 0.317. The van der Waals surface area contributed by atoms with Crippen LogP contribution in [0.3, 0.4) is 0 Å². The summed E-state index contributed by atoms with van der Waals surface area (Å²) >= 11 is 0. The second-order valence-corrected chi connectivity index (χ2v) is 13.6. The van der Waals surface area contributed by atoms with Gasteiger partial charge in [-0.25, -0.2) is 14.5 Å². The maximum absolute atomic E-state index is 14.6. The Morgan fingerprint density at radius 2 is 1.52 bits per heavy atom. The molecule has 13 heteroatoms. The minimum absolute atomic E-state index is 0.114. The van der Waals surface area contributed by atoms with Gasteiger partial charge in [-0.3, -0.25) is 4.79 Å². The average molecular weight is 740 g/mol. The molecular formula is C41H40F3N5O5. The van der Waals surface area contributed by atoms with Crippen molar-refractivity contribution in [1.82, 2.24) is 19.6 Å². The maximum Gasteiger partial charge on any atom is 0.433 e. The zero-order chi connectivity index (χ0) is 38.3. The van der Waals surface area contributed by atoms with E-state index in [1.54, 1.807) is 38.5 Å². The van der Waals surface area contributed by atoms with Crippen LogP contribution in [0.5, 0.6) is 23.0 Å². The van der Waals surface area contributed by atoms with E-state index in [1.807, 2.05) is 56.3 Å². The van der Waals surface area contributed by atoms with E-state index in [4.69, 9.17) is 24.0 Å². The number of rotatable bonds is 9. The molecule has 1 aliphatic carbocycles. The third-order valence-electron chi connectivity index (χ3n) is 10.0. The molecule has 1 saturated carbocycles. The van der Waals surface area contributed by atoms with Gasteiger partial charge in [0.05, 0.1) is 45.9 Å². The van der Waals surface area contributed by atoms with Gasteiger partial charge >= 0.3 is 6.18 Å². The van der Waals surface area contributed by atoms with Gasteiger partial charge in [0.25, 0.3) is 5.91 Å². The molecule has 0 saturated heterocycles. The summed E-state index contributed by atoms with van der Waals surface area (Å²) in [6, 6.07) is 19.9.